The van der Waals surface area contributed by atoms with E-state index in [4.69, 9.17) is 21.3 Å². The molecule has 0 spiro atoms. The summed E-state index contributed by atoms with van der Waals surface area (Å²) >= 11 is 6.43. The Balaban J connectivity index is 2.38. The Bertz CT molecular complexity index is 655. The monoisotopic (exact) mass is 290 g/mol. The van der Waals surface area contributed by atoms with E-state index in [0.29, 0.717) is 0 Å². The predicted molar refractivity (Wildman–Crippen MR) is 84.1 cm³/mol. The van der Waals surface area contributed by atoms with Gasteiger partial charge in [-0.1, -0.05) is 11.6 Å². The smallest absolute Gasteiger partial charge is 0.145 e. The van der Waals surface area contributed by atoms with E-state index >= 15 is 0 Å². The molecule has 1 aliphatic rings. The molecule has 0 saturated heterocycles. The van der Waals surface area contributed by atoms with Crippen LogP contribution in [0.2, 0.25) is 5.02 Å². The number of ether oxygens (including phenoxy) is 1. The average Bonchev–Trinajstić information content (AvgIpc) is 2.47. The molecule has 4 heteroatoms. The standard InChI is InChI=1S/C16H19ClN2O/c1-3-18-15-10-6-4-5-7-12(10)19-16-13(20-2)9-8-11(17)14(15)16/h8-9H,3-7H2,1-2H3,(H,18,19). The third-order valence-corrected chi connectivity index (χ3v) is 4.22. The number of benzene rings is 1. The van der Waals surface area contributed by atoms with Crippen molar-refractivity contribution in [1.29, 1.82) is 0 Å². The lowest BCUT2D eigenvalue weighted by atomic mass is 9.92. The maximum atomic E-state index is 6.43. The largest absolute Gasteiger partial charge is 0.494 e. The molecular weight excluding hydrogens is 272 g/mol. The summed E-state index contributed by atoms with van der Waals surface area (Å²) in [5.74, 6) is 0.789. The quantitative estimate of drug-likeness (QED) is 0.919. The Morgan fingerprint density at radius 2 is 2.10 bits per heavy atom. The number of anilines is 1. The van der Waals surface area contributed by atoms with Gasteiger partial charge in [0.2, 0.25) is 0 Å². The van der Waals surface area contributed by atoms with Gasteiger partial charge in [0.25, 0.3) is 0 Å². The zero-order chi connectivity index (χ0) is 14.1. The zero-order valence-corrected chi connectivity index (χ0v) is 12.7. The van der Waals surface area contributed by atoms with Crippen LogP contribution >= 0.6 is 11.6 Å². The fourth-order valence-corrected chi connectivity index (χ4v) is 3.25. The fraction of sp³-hybridized carbons (Fsp3) is 0.438. The van der Waals surface area contributed by atoms with Gasteiger partial charge >= 0.3 is 0 Å². The molecule has 106 valence electrons. The first-order chi connectivity index (χ1) is 9.76. The fourth-order valence-electron chi connectivity index (χ4n) is 3.00. The van der Waals surface area contributed by atoms with E-state index < -0.39 is 0 Å². The van der Waals surface area contributed by atoms with Crippen LogP contribution in [0.3, 0.4) is 0 Å². The van der Waals surface area contributed by atoms with E-state index in [1.54, 1.807) is 7.11 Å². The lowest BCUT2D eigenvalue weighted by Gasteiger charge is -2.22. The number of aryl methyl sites for hydroxylation is 1. The average molecular weight is 291 g/mol. The number of methoxy groups -OCH3 is 1. The Hall–Kier alpha value is -1.48. The van der Waals surface area contributed by atoms with E-state index in [1.807, 2.05) is 12.1 Å². The van der Waals surface area contributed by atoms with Crippen LogP contribution in [0.15, 0.2) is 12.1 Å². The van der Waals surface area contributed by atoms with Gasteiger partial charge in [0.1, 0.15) is 11.3 Å². The number of halogens is 1. The van der Waals surface area contributed by atoms with Crippen LogP contribution < -0.4 is 10.1 Å². The molecule has 0 bridgehead atoms. The first-order valence-corrected chi connectivity index (χ1v) is 7.55. The molecule has 0 saturated carbocycles. The summed E-state index contributed by atoms with van der Waals surface area (Å²) in [5.41, 5.74) is 4.55. The molecule has 1 aliphatic carbocycles. The number of aromatic nitrogens is 1. The first kappa shape index (κ1) is 13.5. The van der Waals surface area contributed by atoms with Crippen LogP contribution in [0.5, 0.6) is 5.75 Å². The topological polar surface area (TPSA) is 34.2 Å². The molecule has 0 radical (unpaired) electrons. The molecule has 0 fully saturated rings. The Labute approximate surface area is 124 Å². The molecule has 0 atom stereocenters. The van der Waals surface area contributed by atoms with Crippen molar-refractivity contribution in [3.05, 3.63) is 28.4 Å². The SMILES string of the molecule is CCNc1c2c(nc3c(OC)ccc(Cl)c13)CCCC2. The highest BCUT2D eigenvalue weighted by Gasteiger charge is 2.21. The minimum atomic E-state index is 0.734. The van der Waals surface area contributed by atoms with Crippen LogP contribution in [-0.4, -0.2) is 18.6 Å². The summed E-state index contributed by atoms with van der Waals surface area (Å²) in [7, 11) is 1.68. The van der Waals surface area contributed by atoms with Crippen molar-refractivity contribution in [1.82, 2.24) is 4.98 Å². The normalized spacial score (nSPS) is 14.2. The molecule has 2 aromatic rings. The highest BCUT2D eigenvalue weighted by atomic mass is 35.5. The lowest BCUT2D eigenvalue weighted by Crippen LogP contribution is -2.11. The van der Waals surface area contributed by atoms with E-state index in [9.17, 15) is 0 Å². The summed E-state index contributed by atoms with van der Waals surface area (Å²) in [6.45, 7) is 2.98. The highest BCUT2D eigenvalue weighted by molar-refractivity contribution is 6.36. The van der Waals surface area contributed by atoms with Gasteiger partial charge in [-0.15, -0.1) is 0 Å². The molecule has 1 N–H and O–H groups in total. The molecule has 3 rings (SSSR count). The predicted octanol–water partition coefficient (Wildman–Crippen LogP) is 4.21. The van der Waals surface area contributed by atoms with Crippen molar-refractivity contribution in [2.45, 2.75) is 32.6 Å². The van der Waals surface area contributed by atoms with Crippen LogP contribution in [-0.2, 0) is 12.8 Å². The second kappa shape index (κ2) is 5.49. The van der Waals surface area contributed by atoms with Gasteiger partial charge in [0.15, 0.2) is 0 Å². The zero-order valence-electron chi connectivity index (χ0n) is 11.9. The minimum absolute atomic E-state index is 0.734. The van der Waals surface area contributed by atoms with E-state index in [-0.39, 0.29) is 0 Å². The van der Waals surface area contributed by atoms with Crippen LogP contribution in [0.4, 0.5) is 5.69 Å². The number of hydrogen-bond acceptors (Lipinski definition) is 3. The second-order valence-electron chi connectivity index (χ2n) is 5.12. The summed E-state index contributed by atoms with van der Waals surface area (Å²) in [6, 6.07) is 3.78. The number of hydrogen-bond donors (Lipinski definition) is 1. The number of nitrogens with one attached hydrogen (secondary N) is 1. The van der Waals surface area contributed by atoms with Crippen molar-refractivity contribution in [2.24, 2.45) is 0 Å². The number of fused-ring (bicyclic) bond motifs is 2. The Morgan fingerprint density at radius 3 is 2.85 bits per heavy atom. The molecule has 20 heavy (non-hydrogen) atoms. The van der Waals surface area contributed by atoms with Gasteiger partial charge in [-0.2, -0.15) is 0 Å². The van der Waals surface area contributed by atoms with Gasteiger partial charge < -0.3 is 10.1 Å². The molecular formula is C16H19ClN2O. The number of rotatable bonds is 3. The van der Waals surface area contributed by atoms with Crippen molar-refractivity contribution in [2.75, 3.05) is 19.0 Å². The molecule has 0 amide bonds. The maximum absolute atomic E-state index is 6.43. The van der Waals surface area contributed by atoms with Gasteiger partial charge in [0, 0.05) is 17.6 Å². The lowest BCUT2D eigenvalue weighted by molar-refractivity contribution is 0.418. The summed E-state index contributed by atoms with van der Waals surface area (Å²) in [4.78, 5) is 4.84. The van der Waals surface area contributed by atoms with Crippen molar-refractivity contribution in [3.8, 4) is 5.75 Å². The second-order valence-corrected chi connectivity index (χ2v) is 5.53. The van der Waals surface area contributed by atoms with Crippen molar-refractivity contribution in [3.63, 3.8) is 0 Å². The maximum Gasteiger partial charge on any atom is 0.145 e. The van der Waals surface area contributed by atoms with Crippen LogP contribution in [0.25, 0.3) is 10.9 Å². The minimum Gasteiger partial charge on any atom is -0.494 e. The Morgan fingerprint density at radius 1 is 1.30 bits per heavy atom. The number of nitrogens with zero attached hydrogens (tertiary/aromatic N) is 1. The van der Waals surface area contributed by atoms with Crippen LogP contribution in [0.1, 0.15) is 31.0 Å². The third-order valence-electron chi connectivity index (χ3n) is 3.90. The van der Waals surface area contributed by atoms with Gasteiger partial charge in [-0.25, -0.2) is 4.98 Å². The summed E-state index contributed by atoms with van der Waals surface area (Å²) in [6.07, 6.45) is 4.55. The van der Waals surface area contributed by atoms with Gasteiger partial charge in [-0.05, 0) is 50.3 Å². The first-order valence-electron chi connectivity index (χ1n) is 7.18. The summed E-state index contributed by atoms with van der Waals surface area (Å²) < 4.78 is 5.46. The van der Waals surface area contributed by atoms with Crippen molar-refractivity contribution >= 4 is 28.2 Å². The van der Waals surface area contributed by atoms with Crippen LogP contribution in [0, 0.1) is 0 Å². The number of pyridine rings is 1. The third kappa shape index (κ3) is 2.10. The molecule has 1 aromatic heterocycles. The molecule has 3 nitrogen and oxygen atoms in total. The van der Waals surface area contributed by atoms with Gasteiger partial charge in [0.05, 0.1) is 17.8 Å². The molecule has 1 heterocycles. The molecule has 1 aromatic carbocycles. The van der Waals surface area contributed by atoms with E-state index in [1.165, 1.54) is 24.1 Å². The molecule has 0 unspecified atom stereocenters. The Kier molecular flexibility index (Phi) is 3.70. The highest BCUT2D eigenvalue weighted by Crippen LogP contribution is 2.40. The molecule has 0 aliphatic heterocycles. The van der Waals surface area contributed by atoms with Crippen molar-refractivity contribution < 1.29 is 4.74 Å². The summed E-state index contributed by atoms with van der Waals surface area (Å²) in [5, 5.41) is 5.22. The van der Waals surface area contributed by atoms with Gasteiger partial charge in [-0.3, -0.25) is 0 Å². The van der Waals surface area contributed by atoms with E-state index in [2.05, 4.69) is 12.2 Å². The van der Waals surface area contributed by atoms with E-state index in [0.717, 1.165) is 46.7 Å².